The van der Waals surface area contributed by atoms with Crippen molar-refractivity contribution in [3.05, 3.63) is 28.7 Å². The number of nitrogen functional groups attached to an aromatic ring is 1. The molecule has 3 N–H and O–H groups in total. The number of unbranched alkanes of at least 4 members (excludes halogenated alkanes) is 1. The molecule has 1 rings (SSSR count). The number of nitrogens with zero attached hydrogens (tertiary/aromatic N) is 1. The lowest BCUT2D eigenvalue weighted by molar-refractivity contribution is -0.135. The number of halogens is 3. The highest BCUT2D eigenvalue weighted by atomic mass is 19.4. The molecule has 8 heteroatoms. The summed E-state index contributed by atoms with van der Waals surface area (Å²) in [4.78, 5) is 22.9. The van der Waals surface area contributed by atoms with Crippen molar-refractivity contribution >= 4 is 11.6 Å². The van der Waals surface area contributed by atoms with Gasteiger partial charge in [-0.2, -0.15) is 13.2 Å². The van der Waals surface area contributed by atoms with Crippen LogP contribution in [0, 0.1) is 0 Å². The van der Waals surface area contributed by atoms with E-state index in [9.17, 15) is 22.8 Å². The molecule has 1 aromatic heterocycles. The van der Waals surface area contributed by atoms with E-state index in [1.165, 1.54) is 18.3 Å². The Morgan fingerprint density at radius 2 is 2.00 bits per heavy atom. The molecular weight excluding hydrogens is 275 g/mol. The van der Waals surface area contributed by atoms with Crippen LogP contribution in [-0.4, -0.2) is 23.2 Å². The number of nitrogens with two attached hydrogens (primary N) is 1. The monoisotopic (exact) mass is 291 g/mol. The largest absolute Gasteiger partial charge is 0.398 e. The van der Waals surface area contributed by atoms with Crippen LogP contribution >= 0.6 is 0 Å². The quantitative estimate of drug-likeness (QED) is 0.775. The maximum absolute atomic E-state index is 11.9. The summed E-state index contributed by atoms with van der Waals surface area (Å²) in [6.07, 6.45) is -3.50. The number of nitrogens with one attached hydrogen (secondary N) is 1. The van der Waals surface area contributed by atoms with Crippen LogP contribution in [0.2, 0.25) is 0 Å². The molecule has 0 spiro atoms. The second kappa shape index (κ2) is 6.97. The van der Waals surface area contributed by atoms with E-state index in [1.54, 1.807) is 0 Å². The number of carbonyl (C=O) groups excluding carboxylic acids is 1. The van der Waals surface area contributed by atoms with E-state index < -0.39 is 18.5 Å². The van der Waals surface area contributed by atoms with Crippen LogP contribution in [-0.2, 0) is 11.3 Å². The molecule has 1 aromatic rings. The third-order valence-electron chi connectivity index (χ3n) is 2.53. The fourth-order valence-electron chi connectivity index (χ4n) is 1.56. The van der Waals surface area contributed by atoms with Gasteiger partial charge in [-0.25, -0.2) is 0 Å². The topological polar surface area (TPSA) is 77.1 Å². The third kappa shape index (κ3) is 6.26. The Kier molecular flexibility index (Phi) is 5.60. The van der Waals surface area contributed by atoms with Crippen LogP contribution in [0.1, 0.15) is 19.3 Å². The van der Waals surface area contributed by atoms with E-state index in [0.29, 0.717) is 5.69 Å². The summed E-state index contributed by atoms with van der Waals surface area (Å²) in [5, 5.41) is 2.46. The van der Waals surface area contributed by atoms with Gasteiger partial charge in [0, 0.05) is 30.9 Å². The number of hydrogen-bond donors (Lipinski definition) is 2. The minimum atomic E-state index is -4.17. The van der Waals surface area contributed by atoms with Crippen molar-refractivity contribution in [2.75, 3.05) is 12.3 Å². The van der Waals surface area contributed by atoms with Crippen LogP contribution < -0.4 is 16.6 Å². The van der Waals surface area contributed by atoms with Gasteiger partial charge in [-0.1, -0.05) is 0 Å². The highest BCUT2D eigenvalue weighted by molar-refractivity contribution is 5.75. The van der Waals surface area contributed by atoms with Crippen molar-refractivity contribution in [1.29, 1.82) is 0 Å². The molecule has 0 aromatic carbocycles. The Morgan fingerprint density at radius 1 is 1.30 bits per heavy atom. The lowest BCUT2D eigenvalue weighted by atomic mass is 10.2. The number of alkyl halides is 3. The molecule has 0 bridgehead atoms. The van der Waals surface area contributed by atoms with Gasteiger partial charge < -0.3 is 15.6 Å². The van der Waals surface area contributed by atoms with Crippen molar-refractivity contribution in [2.24, 2.45) is 0 Å². The van der Waals surface area contributed by atoms with E-state index in [-0.39, 0.29) is 31.5 Å². The Balaban J connectivity index is 2.30. The summed E-state index contributed by atoms with van der Waals surface area (Å²) < 4.78 is 36.8. The number of rotatable bonds is 6. The molecule has 0 radical (unpaired) electrons. The van der Waals surface area contributed by atoms with Gasteiger partial charge >= 0.3 is 6.18 Å². The zero-order chi connectivity index (χ0) is 15.2. The van der Waals surface area contributed by atoms with Gasteiger partial charge in [0.05, 0.1) is 0 Å². The molecule has 0 fully saturated rings. The molecule has 0 atom stereocenters. The van der Waals surface area contributed by atoms with E-state index in [4.69, 9.17) is 5.73 Å². The Morgan fingerprint density at radius 3 is 2.65 bits per heavy atom. The lowest BCUT2D eigenvalue weighted by Gasteiger charge is -2.08. The first-order valence-electron chi connectivity index (χ1n) is 6.07. The molecule has 1 heterocycles. The second-order valence-corrected chi connectivity index (χ2v) is 4.35. The van der Waals surface area contributed by atoms with E-state index in [1.807, 2.05) is 0 Å². The average Bonchev–Trinajstić information content (AvgIpc) is 2.32. The predicted molar refractivity (Wildman–Crippen MR) is 68.0 cm³/mol. The molecular formula is C12H16F3N3O2. The summed E-state index contributed by atoms with van der Waals surface area (Å²) >= 11 is 0. The van der Waals surface area contributed by atoms with Gasteiger partial charge in [0.15, 0.2) is 0 Å². The number of amides is 1. The summed E-state index contributed by atoms with van der Waals surface area (Å²) in [6, 6.07) is 2.67. The van der Waals surface area contributed by atoms with E-state index in [2.05, 4.69) is 5.32 Å². The maximum atomic E-state index is 11.9. The van der Waals surface area contributed by atoms with E-state index in [0.717, 1.165) is 4.57 Å². The SMILES string of the molecule is Nc1ccc(=O)n(CC(=O)NCCCCC(F)(F)F)c1. The van der Waals surface area contributed by atoms with Gasteiger partial charge in [-0.05, 0) is 18.9 Å². The smallest absolute Gasteiger partial charge is 0.389 e. The van der Waals surface area contributed by atoms with Crippen molar-refractivity contribution in [3.8, 4) is 0 Å². The first kappa shape index (κ1) is 16.1. The maximum Gasteiger partial charge on any atom is 0.389 e. The van der Waals surface area contributed by atoms with Crippen LogP contribution in [0.15, 0.2) is 23.1 Å². The van der Waals surface area contributed by atoms with Crippen molar-refractivity contribution in [3.63, 3.8) is 0 Å². The lowest BCUT2D eigenvalue weighted by Crippen LogP contribution is -2.32. The summed E-state index contributed by atoms with van der Waals surface area (Å²) in [7, 11) is 0. The third-order valence-corrected chi connectivity index (χ3v) is 2.53. The van der Waals surface area contributed by atoms with Gasteiger partial charge in [-0.15, -0.1) is 0 Å². The molecule has 5 nitrogen and oxygen atoms in total. The first-order valence-corrected chi connectivity index (χ1v) is 6.07. The van der Waals surface area contributed by atoms with Gasteiger partial charge in [0.1, 0.15) is 6.54 Å². The Labute approximate surface area is 113 Å². The second-order valence-electron chi connectivity index (χ2n) is 4.35. The summed E-state index contributed by atoms with van der Waals surface area (Å²) in [5.41, 5.74) is 5.47. The highest BCUT2D eigenvalue weighted by Gasteiger charge is 2.25. The molecule has 20 heavy (non-hydrogen) atoms. The van der Waals surface area contributed by atoms with Crippen molar-refractivity contribution < 1.29 is 18.0 Å². The minimum absolute atomic E-state index is 0.0397. The molecule has 0 saturated heterocycles. The number of anilines is 1. The van der Waals surface area contributed by atoms with Gasteiger partial charge in [-0.3, -0.25) is 9.59 Å². The number of aromatic nitrogens is 1. The Bertz CT molecular complexity index is 511. The summed E-state index contributed by atoms with van der Waals surface area (Å²) in [6.45, 7) is -0.0604. The first-order chi connectivity index (χ1) is 9.28. The van der Waals surface area contributed by atoms with Crippen molar-refractivity contribution in [2.45, 2.75) is 32.0 Å². The molecule has 0 aliphatic rings. The molecule has 0 unspecified atom stereocenters. The molecule has 0 aliphatic carbocycles. The minimum Gasteiger partial charge on any atom is -0.398 e. The standard InChI is InChI=1S/C12H16F3N3O2/c13-12(14,15)5-1-2-6-17-10(19)8-18-7-9(16)3-4-11(18)20/h3-4,7H,1-2,5-6,8,16H2,(H,17,19). The zero-order valence-electron chi connectivity index (χ0n) is 10.7. The van der Waals surface area contributed by atoms with Crippen LogP contribution in [0.3, 0.4) is 0 Å². The number of carbonyl (C=O) groups is 1. The summed E-state index contributed by atoms with van der Waals surface area (Å²) in [5.74, 6) is -0.440. The zero-order valence-corrected chi connectivity index (χ0v) is 10.7. The van der Waals surface area contributed by atoms with Crippen LogP contribution in [0.5, 0.6) is 0 Å². The molecule has 112 valence electrons. The van der Waals surface area contributed by atoms with Gasteiger partial charge in [0.25, 0.3) is 5.56 Å². The number of hydrogen-bond acceptors (Lipinski definition) is 3. The highest BCUT2D eigenvalue weighted by Crippen LogP contribution is 2.21. The van der Waals surface area contributed by atoms with Crippen molar-refractivity contribution in [1.82, 2.24) is 9.88 Å². The van der Waals surface area contributed by atoms with Crippen LogP contribution in [0.25, 0.3) is 0 Å². The predicted octanol–water partition coefficient (Wildman–Crippen LogP) is 1.28. The Hall–Kier alpha value is -1.99. The molecule has 0 aliphatic heterocycles. The van der Waals surface area contributed by atoms with E-state index >= 15 is 0 Å². The fraction of sp³-hybridized carbons (Fsp3) is 0.500. The number of pyridine rings is 1. The van der Waals surface area contributed by atoms with Gasteiger partial charge in [0.2, 0.25) is 5.91 Å². The van der Waals surface area contributed by atoms with Crippen LogP contribution in [0.4, 0.5) is 18.9 Å². The normalized spacial score (nSPS) is 11.3. The molecule has 1 amide bonds. The molecule has 0 saturated carbocycles. The fourth-order valence-corrected chi connectivity index (χ4v) is 1.56. The average molecular weight is 291 g/mol.